The van der Waals surface area contributed by atoms with Crippen molar-refractivity contribution in [3.05, 3.63) is 35.5 Å². The second kappa shape index (κ2) is 7.72. The van der Waals surface area contributed by atoms with Crippen molar-refractivity contribution in [2.75, 3.05) is 0 Å². The summed E-state index contributed by atoms with van der Waals surface area (Å²) in [5.74, 6) is -1.30. The molecule has 5 heteroatoms. The average Bonchev–Trinajstić information content (AvgIpc) is 2.81. The normalized spacial score (nSPS) is 21.0. The number of rotatable bonds is 5. The Balaban J connectivity index is 1.61. The Labute approximate surface area is 147 Å². The molecule has 3 rings (SSSR count). The van der Waals surface area contributed by atoms with Crippen LogP contribution in [0.3, 0.4) is 0 Å². The van der Waals surface area contributed by atoms with Crippen LogP contribution in [-0.4, -0.2) is 28.0 Å². The number of amides is 1. The highest BCUT2D eigenvalue weighted by atomic mass is 16.4. The molecule has 0 unspecified atom stereocenters. The number of carboxylic acids is 1. The third-order valence-electron chi connectivity index (χ3n) is 5.22. The van der Waals surface area contributed by atoms with E-state index in [1.165, 1.54) is 5.56 Å². The van der Waals surface area contributed by atoms with E-state index in [1.807, 2.05) is 6.20 Å². The van der Waals surface area contributed by atoms with Crippen LogP contribution in [0, 0.1) is 12.8 Å². The first-order valence-electron chi connectivity index (χ1n) is 9.13. The van der Waals surface area contributed by atoms with Crippen molar-refractivity contribution < 1.29 is 14.7 Å². The van der Waals surface area contributed by atoms with Gasteiger partial charge < -0.3 is 15.4 Å². The number of aliphatic carboxylic acids is 1. The number of aromatic nitrogens is 1. The number of carbonyl (C=O) groups excluding carboxylic acids is 1. The van der Waals surface area contributed by atoms with Crippen LogP contribution < -0.4 is 5.32 Å². The van der Waals surface area contributed by atoms with E-state index in [1.54, 1.807) is 0 Å². The Morgan fingerprint density at radius 3 is 2.84 bits per heavy atom. The molecule has 1 aliphatic carbocycles. The first-order chi connectivity index (χ1) is 12.0. The Morgan fingerprint density at radius 2 is 2.04 bits per heavy atom. The van der Waals surface area contributed by atoms with E-state index in [-0.39, 0.29) is 11.9 Å². The van der Waals surface area contributed by atoms with Gasteiger partial charge in [-0.2, -0.15) is 0 Å². The highest BCUT2D eigenvalue weighted by Gasteiger charge is 2.30. The van der Waals surface area contributed by atoms with Crippen LogP contribution in [0.25, 0.3) is 10.9 Å². The molecule has 2 aromatic rings. The van der Waals surface area contributed by atoms with Gasteiger partial charge in [0.2, 0.25) is 5.91 Å². The van der Waals surface area contributed by atoms with E-state index >= 15 is 0 Å². The molecule has 25 heavy (non-hydrogen) atoms. The van der Waals surface area contributed by atoms with Crippen LogP contribution in [0.4, 0.5) is 0 Å². The summed E-state index contributed by atoms with van der Waals surface area (Å²) in [7, 11) is 0. The van der Waals surface area contributed by atoms with E-state index < -0.39 is 11.9 Å². The summed E-state index contributed by atoms with van der Waals surface area (Å²) in [6, 6.07) is 6.01. The van der Waals surface area contributed by atoms with Crippen LogP contribution in [-0.2, 0) is 16.0 Å². The van der Waals surface area contributed by atoms with Crippen LogP contribution >= 0.6 is 0 Å². The van der Waals surface area contributed by atoms with Crippen molar-refractivity contribution in [1.29, 1.82) is 0 Å². The van der Waals surface area contributed by atoms with E-state index in [9.17, 15) is 14.7 Å². The number of aromatic amines is 1. The molecule has 1 aromatic heterocycles. The molecule has 0 spiro atoms. The van der Waals surface area contributed by atoms with E-state index in [0.717, 1.165) is 42.1 Å². The number of H-pyrrole nitrogens is 1. The van der Waals surface area contributed by atoms with Crippen molar-refractivity contribution in [2.45, 2.75) is 57.9 Å². The van der Waals surface area contributed by atoms with Gasteiger partial charge in [-0.1, -0.05) is 30.9 Å². The molecule has 0 bridgehead atoms. The van der Waals surface area contributed by atoms with E-state index in [4.69, 9.17) is 0 Å². The smallest absolute Gasteiger partial charge is 0.308 e. The van der Waals surface area contributed by atoms with Crippen molar-refractivity contribution in [3.63, 3.8) is 0 Å². The Morgan fingerprint density at radius 1 is 1.24 bits per heavy atom. The van der Waals surface area contributed by atoms with Crippen LogP contribution in [0.15, 0.2) is 24.4 Å². The molecule has 3 N–H and O–H groups in total. The summed E-state index contributed by atoms with van der Waals surface area (Å²) >= 11 is 0. The number of carboxylic acid groups (broad SMARTS) is 1. The lowest BCUT2D eigenvalue weighted by Gasteiger charge is -2.22. The molecule has 2 atom stereocenters. The highest BCUT2D eigenvalue weighted by molar-refractivity contribution is 5.85. The number of benzene rings is 1. The topological polar surface area (TPSA) is 82.2 Å². The quantitative estimate of drug-likeness (QED) is 0.727. The minimum Gasteiger partial charge on any atom is -0.481 e. The first kappa shape index (κ1) is 17.5. The van der Waals surface area contributed by atoms with Gasteiger partial charge in [-0.3, -0.25) is 9.59 Å². The summed E-state index contributed by atoms with van der Waals surface area (Å²) in [5.41, 5.74) is 3.40. The number of hydrogen-bond donors (Lipinski definition) is 3. The SMILES string of the molecule is Cc1ccc2[nH]cc(CCC(=O)N[C@H]3CCCCC[C@H]3C(=O)O)c2c1. The highest BCUT2D eigenvalue weighted by Crippen LogP contribution is 2.24. The van der Waals surface area contributed by atoms with Gasteiger partial charge in [0, 0.05) is 29.6 Å². The fourth-order valence-electron chi connectivity index (χ4n) is 3.80. The van der Waals surface area contributed by atoms with E-state index in [0.29, 0.717) is 19.3 Å². The zero-order valence-corrected chi connectivity index (χ0v) is 14.7. The predicted octanol–water partition coefficient (Wildman–Crippen LogP) is 3.56. The van der Waals surface area contributed by atoms with Gasteiger partial charge in [-0.25, -0.2) is 0 Å². The van der Waals surface area contributed by atoms with Crippen LogP contribution in [0.5, 0.6) is 0 Å². The second-order valence-electron chi connectivity index (χ2n) is 7.12. The molecule has 0 radical (unpaired) electrons. The predicted molar refractivity (Wildman–Crippen MR) is 97.5 cm³/mol. The number of hydrogen-bond acceptors (Lipinski definition) is 2. The summed E-state index contributed by atoms with van der Waals surface area (Å²) in [6.07, 6.45) is 7.36. The van der Waals surface area contributed by atoms with Gasteiger partial charge in [0.15, 0.2) is 0 Å². The summed E-state index contributed by atoms with van der Waals surface area (Å²) in [4.78, 5) is 27.1. The van der Waals surface area contributed by atoms with Gasteiger partial charge in [0.05, 0.1) is 5.92 Å². The number of aryl methyl sites for hydroxylation is 2. The molecule has 1 saturated carbocycles. The maximum atomic E-state index is 12.4. The maximum Gasteiger partial charge on any atom is 0.308 e. The molecule has 1 amide bonds. The van der Waals surface area contributed by atoms with Crippen molar-refractivity contribution in [1.82, 2.24) is 10.3 Å². The molecular weight excluding hydrogens is 316 g/mol. The van der Waals surface area contributed by atoms with Crippen LogP contribution in [0.2, 0.25) is 0 Å². The summed E-state index contributed by atoms with van der Waals surface area (Å²) < 4.78 is 0. The number of fused-ring (bicyclic) bond motifs is 1. The first-order valence-corrected chi connectivity index (χ1v) is 9.13. The van der Waals surface area contributed by atoms with Crippen molar-refractivity contribution >= 4 is 22.8 Å². The summed E-state index contributed by atoms with van der Waals surface area (Å²) in [6.45, 7) is 2.06. The lowest BCUT2D eigenvalue weighted by molar-refractivity contribution is -0.143. The standard InChI is InChI=1S/C20H26N2O3/c1-13-7-9-17-16(11-13)14(12-21-17)8-10-19(23)22-18-6-4-2-3-5-15(18)20(24)25/h7,9,11-12,15,18,21H,2-6,8,10H2,1H3,(H,22,23)(H,24,25)/t15-,18+/m1/s1. The third kappa shape index (κ3) is 4.21. The van der Waals surface area contributed by atoms with Crippen molar-refractivity contribution in [3.8, 4) is 0 Å². The lowest BCUT2D eigenvalue weighted by atomic mass is 9.94. The van der Waals surface area contributed by atoms with Gasteiger partial charge in [0.25, 0.3) is 0 Å². The van der Waals surface area contributed by atoms with Crippen LogP contribution in [0.1, 0.15) is 49.7 Å². The molecule has 1 fully saturated rings. The average molecular weight is 342 g/mol. The maximum absolute atomic E-state index is 12.4. The van der Waals surface area contributed by atoms with Crippen molar-refractivity contribution in [2.24, 2.45) is 5.92 Å². The lowest BCUT2D eigenvalue weighted by Crippen LogP contribution is -2.42. The van der Waals surface area contributed by atoms with Gasteiger partial charge in [-0.15, -0.1) is 0 Å². The van der Waals surface area contributed by atoms with Gasteiger partial charge in [0.1, 0.15) is 0 Å². The van der Waals surface area contributed by atoms with Gasteiger partial charge in [-0.05, 0) is 43.9 Å². The molecule has 1 aromatic carbocycles. The molecule has 0 aliphatic heterocycles. The Hall–Kier alpha value is -2.30. The Bertz CT molecular complexity index is 765. The second-order valence-corrected chi connectivity index (χ2v) is 7.12. The minimum absolute atomic E-state index is 0.0554. The summed E-state index contributed by atoms with van der Waals surface area (Å²) in [5, 5.41) is 13.6. The zero-order chi connectivity index (χ0) is 17.8. The fraction of sp³-hybridized carbons (Fsp3) is 0.500. The fourth-order valence-corrected chi connectivity index (χ4v) is 3.80. The number of carbonyl (C=O) groups is 2. The van der Waals surface area contributed by atoms with Gasteiger partial charge >= 0.3 is 5.97 Å². The Kier molecular flexibility index (Phi) is 5.41. The third-order valence-corrected chi connectivity index (χ3v) is 5.22. The zero-order valence-electron chi connectivity index (χ0n) is 14.7. The molecule has 5 nitrogen and oxygen atoms in total. The largest absolute Gasteiger partial charge is 0.481 e. The molecule has 0 saturated heterocycles. The molecular formula is C20H26N2O3. The monoisotopic (exact) mass is 342 g/mol. The molecule has 1 heterocycles. The molecule has 1 aliphatic rings. The molecule has 134 valence electrons. The number of nitrogens with one attached hydrogen (secondary N) is 2. The minimum atomic E-state index is -0.792. The van der Waals surface area contributed by atoms with E-state index in [2.05, 4.69) is 35.4 Å².